The van der Waals surface area contributed by atoms with Gasteiger partial charge in [0.25, 0.3) is 0 Å². The number of aromatic carboxylic acids is 1. The van der Waals surface area contributed by atoms with E-state index in [-0.39, 0.29) is 5.56 Å². The van der Waals surface area contributed by atoms with Crippen LogP contribution in [0.1, 0.15) is 28.9 Å². The Morgan fingerprint density at radius 1 is 1.64 bits per heavy atom. The number of nitrogens with zero attached hydrogens (tertiary/aromatic N) is 1. The van der Waals surface area contributed by atoms with Gasteiger partial charge in [0, 0.05) is 12.4 Å². The highest BCUT2D eigenvalue weighted by molar-refractivity contribution is 5.89. The number of aromatic nitrogens is 1. The van der Waals surface area contributed by atoms with Crippen LogP contribution in [0.3, 0.4) is 0 Å². The first kappa shape index (κ1) is 10.6. The SMILES string of the molecule is C[C@H](O)[C@@H](N)c1ccncc1C(=O)O. The molecule has 76 valence electrons. The quantitative estimate of drug-likeness (QED) is 0.639. The Kier molecular flexibility index (Phi) is 3.16. The molecule has 0 unspecified atom stereocenters. The highest BCUT2D eigenvalue weighted by Crippen LogP contribution is 2.17. The molecule has 0 aromatic carbocycles. The van der Waals surface area contributed by atoms with Gasteiger partial charge in [-0.3, -0.25) is 4.98 Å². The van der Waals surface area contributed by atoms with E-state index < -0.39 is 18.1 Å². The molecule has 1 aromatic rings. The van der Waals surface area contributed by atoms with Gasteiger partial charge in [0.1, 0.15) is 0 Å². The molecule has 5 nitrogen and oxygen atoms in total. The number of rotatable bonds is 3. The van der Waals surface area contributed by atoms with Crippen LogP contribution in [0.4, 0.5) is 0 Å². The van der Waals surface area contributed by atoms with Crippen molar-refractivity contribution in [2.24, 2.45) is 5.73 Å². The number of carboxylic acid groups (broad SMARTS) is 1. The van der Waals surface area contributed by atoms with E-state index in [0.29, 0.717) is 5.56 Å². The maximum Gasteiger partial charge on any atom is 0.337 e. The van der Waals surface area contributed by atoms with E-state index in [9.17, 15) is 9.90 Å². The van der Waals surface area contributed by atoms with Crippen LogP contribution in [0, 0.1) is 0 Å². The van der Waals surface area contributed by atoms with Crippen LogP contribution in [0.5, 0.6) is 0 Å². The number of aliphatic hydroxyl groups excluding tert-OH is 1. The third kappa shape index (κ3) is 2.07. The standard InChI is InChI=1S/C9H12N2O3/c1-5(12)8(10)6-2-3-11-4-7(6)9(13)14/h2-5,8,12H,10H2,1H3,(H,13,14)/t5-,8+/m0/s1. The van der Waals surface area contributed by atoms with Gasteiger partial charge < -0.3 is 15.9 Å². The van der Waals surface area contributed by atoms with Gasteiger partial charge >= 0.3 is 5.97 Å². The van der Waals surface area contributed by atoms with Crippen molar-refractivity contribution < 1.29 is 15.0 Å². The zero-order chi connectivity index (χ0) is 10.7. The van der Waals surface area contributed by atoms with Crippen molar-refractivity contribution in [3.8, 4) is 0 Å². The van der Waals surface area contributed by atoms with Crippen molar-refractivity contribution in [2.45, 2.75) is 19.1 Å². The summed E-state index contributed by atoms with van der Waals surface area (Å²) in [5.41, 5.74) is 6.06. The lowest BCUT2D eigenvalue weighted by Crippen LogP contribution is -2.25. The monoisotopic (exact) mass is 196 g/mol. The fraction of sp³-hybridized carbons (Fsp3) is 0.333. The zero-order valence-corrected chi connectivity index (χ0v) is 7.71. The molecule has 14 heavy (non-hydrogen) atoms. The molecule has 1 heterocycles. The largest absolute Gasteiger partial charge is 0.478 e. The van der Waals surface area contributed by atoms with Gasteiger partial charge in [0.2, 0.25) is 0 Å². The van der Waals surface area contributed by atoms with E-state index in [1.807, 2.05) is 0 Å². The van der Waals surface area contributed by atoms with Gasteiger partial charge in [0.05, 0.1) is 17.7 Å². The van der Waals surface area contributed by atoms with Gasteiger partial charge in [-0.15, -0.1) is 0 Å². The summed E-state index contributed by atoms with van der Waals surface area (Å²) >= 11 is 0. The van der Waals surface area contributed by atoms with Crippen LogP contribution >= 0.6 is 0 Å². The first-order valence-electron chi connectivity index (χ1n) is 4.15. The highest BCUT2D eigenvalue weighted by Gasteiger charge is 2.19. The fourth-order valence-corrected chi connectivity index (χ4v) is 1.13. The second kappa shape index (κ2) is 4.17. The van der Waals surface area contributed by atoms with E-state index >= 15 is 0 Å². The van der Waals surface area contributed by atoms with Crippen molar-refractivity contribution in [3.63, 3.8) is 0 Å². The Balaban J connectivity index is 3.13. The average molecular weight is 196 g/mol. The van der Waals surface area contributed by atoms with E-state index in [1.165, 1.54) is 25.4 Å². The van der Waals surface area contributed by atoms with Crippen LogP contribution in [-0.4, -0.2) is 27.3 Å². The summed E-state index contributed by atoms with van der Waals surface area (Å²) < 4.78 is 0. The third-order valence-electron chi connectivity index (χ3n) is 1.96. The molecule has 4 N–H and O–H groups in total. The lowest BCUT2D eigenvalue weighted by atomic mass is 10.00. The number of carbonyl (C=O) groups is 1. The molecule has 1 rings (SSSR count). The second-order valence-electron chi connectivity index (χ2n) is 3.03. The van der Waals surface area contributed by atoms with Gasteiger partial charge in [-0.25, -0.2) is 4.79 Å². The van der Waals surface area contributed by atoms with E-state index in [0.717, 1.165) is 0 Å². The molecule has 0 aliphatic rings. The van der Waals surface area contributed by atoms with Crippen LogP contribution in [0.2, 0.25) is 0 Å². The lowest BCUT2D eigenvalue weighted by molar-refractivity contribution is 0.0693. The minimum Gasteiger partial charge on any atom is -0.478 e. The Morgan fingerprint density at radius 3 is 2.79 bits per heavy atom. The molecule has 0 amide bonds. The van der Waals surface area contributed by atoms with Crippen LogP contribution in [0.25, 0.3) is 0 Å². The van der Waals surface area contributed by atoms with Crippen molar-refractivity contribution in [2.75, 3.05) is 0 Å². The Labute approximate surface area is 81.2 Å². The molecule has 0 radical (unpaired) electrons. The molecule has 0 spiro atoms. The first-order valence-corrected chi connectivity index (χ1v) is 4.15. The smallest absolute Gasteiger partial charge is 0.337 e. The highest BCUT2D eigenvalue weighted by atomic mass is 16.4. The van der Waals surface area contributed by atoms with Crippen molar-refractivity contribution in [3.05, 3.63) is 29.6 Å². The molecule has 0 bridgehead atoms. The van der Waals surface area contributed by atoms with Crippen LogP contribution in [-0.2, 0) is 0 Å². The minimum absolute atomic E-state index is 0.0286. The van der Waals surface area contributed by atoms with E-state index in [1.54, 1.807) is 0 Å². The molecule has 0 saturated carbocycles. The second-order valence-corrected chi connectivity index (χ2v) is 3.03. The molecule has 0 aliphatic heterocycles. The lowest BCUT2D eigenvalue weighted by Gasteiger charge is -2.16. The zero-order valence-electron chi connectivity index (χ0n) is 7.71. The maximum atomic E-state index is 10.8. The number of hydrogen-bond donors (Lipinski definition) is 3. The molecular formula is C9H12N2O3. The fourth-order valence-electron chi connectivity index (χ4n) is 1.13. The molecular weight excluding hydrogens is 184 g/mol. The Bertz CT molecular complexity index is 339. The maximum absolute atomic E-state index is 10.8. The van der Waals surface area contributed by atoms with Crippen LogP contribution in [0.15, 0.2) is 18.5 Å². The summed E-state index contributed by atoms with van der Waals surface area (Å²) in [5, 5.41) is 18.1. The van der Waals surface area contributed by atoms with Crippen molar-refractivity contribution in [1.82, 2.24) is 4.98 Å². The summed E-state index contributed by atoms with van der Waals surface area (Å²) in [6, 6.07) is 0.796. The topological polar surface area (TPSA) is 96.4 Å². The molecule has 1 aromatic heterocycles. The summed E-state index contributed by atoms with van der Waals surface area (Å²) in [4.78, 5) is 14.5. The molecule has 0 fully saturated rings. The van der Waals surface area contributed by atoms with E-state index in [2.05, 4.69) is 4.98 Å². The Hall–Kier alpha value is -1.46. The number of hydrogen-bond acceptors (Lipinski definition) is 4. The first-order chi connectivity index (χ1) is 6.54. The van der Waals surface area contributed by atoms with Gasteiger partial charge in [0.15, 0.2) is 0 Å². The van der Waals surface area contributed by atoms with Crippen molar-refractivity contribution in [1.29, 1.82) is 0 Å². The summed E-state index contributed by atoms with van der Waals surface area (Å²) in [7, 11) is 0. The normalized spacial score (nSPS) is 14.8. The number of pyridine rings is 1. The predicted octanol–water partition coefficient (Wildman–Crippen LogP) is 0.160. The number of carboxylic acids is 1. The van der Waals surface area contributed by atoms with Gasteiger partial charge in [-0.1, -0.05) is 0 Å². The molecule has 5 heteroatoms. The molecule has 2 atom stereocenters. The minimum atomic E-state index is -1.09. The molecule has 0 saturated heterocycles. The van der Waals surface area contributed by atoms with Crippen LogP contribution < -0.4 is 5.73 Å². The number of aliphatic hydroxyl groups is 1. The van der Waals surface area contributed by atoms with Gasteiger partial charge in [-0.2, -0.15) is 0 Å². The van der Waals surface area contributed by atoms with Crippen molar-refractivity contribution >= 4 is 5.97 Å². The summed E-state index contributed by atoms with van der Waals surface area (Å²) in [5.74, 6) is -1.09. The summed E-state index contributed by atoms with van der Waals surface area (Å²) in [6.07, 6.45) is 1.87. The molecule has 0 aliphatic carbocycles. The Morgan fingerprint density at radius 2 is 2.29 bits per heavy atom. The van der Waals surface area contributed by atoms with E-state index in [4.69, 9.17) is 10.8 Å². The predicted molar refractivity (Wildman–Crippen MR) is 49.8 cm³/mol. The summed E-state index contributed by atoms with van der Waals surface area (Å²) in [6.45, 7) is 1.51. The third-order valence-corrected chi connectivity index (χ3v) is 1.96. The number of nitrogens with two attached hydrogens (primary N) is 1. The van der Waals surface area contributed by atoms with Gasteiger partial charge in [-0.05, 0) is 18.6 Å². The average Bonchev–Trinajstić information content (AvgIpc) is 2.16.